The van der Waals surface area contributed by atoms with Crippen molar-refractivity contribution in [1.82, 2.24) is 0 Å². The van der Waals surface area contributed by atoms with Gasteiger partial charge in [-0.2, -0.15) is 18.2 Å². The lowest BCUT2D eigenvalue weighted by Gasteiger charge is -2.22. The molecule has 8 heteroatoms. The maximum absolute atomic E-state index is 13.3. The summed E-state index contributed by atoms with van der Waals surface area (Å²) in [7, 11) is 0.955. The second kappa shape index (κ2) is 8.30. The summed E-state index contributed by atoms with van der Waals surface area (Å²) in [5, 5.41) is 9.78. The van der Waals surface area contributed by atoms with E-state index in [0.717, 1.165) is 30.7 Å². The SMILES string of the molecule is CCc1ccc(OCc2cccc(C(F)(F)F)c2N(O)C(=O)OC)c(C)c1. The number of methoxy groups -OCH3 is 1. The quantitative estimate of drug-likeness (QED) is 0.575. The van der Waals surface area contributed by atoms with Gasteiger partial charge in [0, 0.05) is 5.56 Å². The molecule has 0 saturated heterocycles. The first kappa shape index (κ1) is 20.6. The predicted octanol–water partition coefficient (Wildman–Crippen LogP) is 5.12. The number of hydrogen-bond acceptors (Lipinski definition) is 4. The Labute approximate surface area is 154 Å². The highest BCUT2D eigenvalue weighted by Crippen LogP contribution is 2.39. The van der Waals surface area contributed by atoms with Crippen molar-refractivity contribution < 1.29 is 32.6 Å². The molecule has 0 bridgehead atoms. The molecule has 0 aliphatic rings. The normalized spacial score (nSPS) is 11.2. The largest absolute Gasteiger partial charge is 0.489 e. The van der Waals surface area contributed by atoms with Gasteiger partial charge in [-0.05, 0) is 36.6 Å². The topological polar surface area (TPSA) is 59.0 Å². The van der Waals surface area contributed by atoms with Gasteiger partial charge >= 0.3 is 12.3 Å². The highest BCUT2D eigenvalue weighted by atomic mass is 19.4. The Morgan fingerprint density at radius 2 is 1.93 bits per heavy atom. The van der Waals surface area contributed by atoms with Crippen LogP contribution in [0.3, 0.4) is 0 Å². The Balaban J connectivity index is 2.40. The molecule has 0 unspecified atom stereocenters. The summed E-state index contributed by atoms with van der Waals surface area (Å²) in [5.74, 6) is 0.498. The van der Waals surface area contributed by atoms with E-state index in [0.29, 0.717) is 5.75 Å². The van der Waals surface area contributed by atoms with Crippen molar-refractivity contribution in [3.8, 4) is 5.75 Å². The monoisotopic (exact) mass is 383 g/mol. The molecule has 0 aliphatic carbocycles. The number of amides is 1. The molecule has 0 saturated carbocycles. The Morgan fingerprint density at radius 3 is 2.48 bits per heavy atom. The molecular weight excluding hydrogens is 363 g/mol. The molecular formula is C19H20F3NO4. The maximum Gasteiger partial charge on any atom is 0.438 e. The first-order valence-electron chi connectivity index (χ1n) is 8.17. The number of rotatable bonds is 5. The van der Waals surface area contributed by atoms with Crippen LogP contribution in [-0.2, 0) is 23.9 Å². The molecule has 0 atom stereocenters. The van der Waals surface area contributed by atoms with Gasteiger partial charge in [-0.1, -0.05) is 31.2 Å². The number of benzene rings is 2. The molecule has 146 valence electrons. The average molecular weight is 383 g/mol. The highest BCUT2D eigenvalue weighted by molar-refractivity contribution is 5.87. The minimum atomic E-state index is -4.78. The summed E-state index contributed by atoms with van der Waals surface area (Å²) >= 11 is 0. The van der Waals surface area contributed by atoms with Crippen LogP contribution >= 0.6 is 0 Å². The van der Waals surface area contributed by atoms with Crippen molar-refractivity contribution in [2.75, 3.05) is 12.2 Å². The molecule has 5 nitrogen and oxygen atoms in total. The van der Waals surface area contributed by atoms with Crippen LogP contribution < -0.4 is 9.80 Å². The van der Waals surface area contributed by atoms with Gasteiger partial charge in [0.1, 0.15) is 12.4 Å². The van der Waals surface area contributed by atoms with Gasteiger partial charge in [0.25, 0.3) is 0 Å². The fourth-order valence-corrected chi connectivity index (χ4v) is 2.61. The summed E-state index contributed by atoms with van der Waals surface area (Å²) < 4.78 is 50.0. The number of para-hydroxylation sites is 1. The minimum absolute atomic E-state index is 0.0170. The predicted molar refractivity (Wildman–Crippen MR) is 93.0 cm³/mol. The number of carbonyl (C=O) groups excluding carboxylic acids is 1. The van der Waals surface area contributed by atoms with E-state index >= 15 is 0 Å². The first-order valence-corrected chi connectivity index (χ1v) is 8.17. The van der Waals surface area contributed by atoms with E-state index in [4.69, 9.17) is 4.74 Å². The third-order valence-corrected chi connectivity index (χ3v) is 4.02. The molecule has 0 fully saturated rings. The zero-order chi connectivity index (χ0) is 20.2. The number of halogens is 3. The van der Waals surface area contributed by atoms with Gasteiger partial charge in [0.15, 0.2) is 0 Å². The van der Waals surface area contributed by atoms with Crippen LogP contribution in [0.25, 0.3) is 0 Å². The molecule has 2 aromatic carbocycles. The number of alkyl halides is 3. The molecule has 0 aliphatic heterocycles. The lowest BCUT2D eigenvalue weighted by molar-refractivity contribution is -0.137. The molecule has 0 radical (unpaired) electrons. The van der Waals surface area contributed by atoms with Gasteiger partial charge in [-0.25, -0.2) is 4.79 Å². The Morgan fingerprint density at radius 1 is 1.22 bits per heavy atom. The molecule has 1 N–H and O–H groups in total. The van der Waals surface area contributed by atoms with Crippen molar-refractivity contribution in [2.24, 2.45) is 0 Å². The van der Waals surface area contributed by atoms with E-state index in [9.17, 15) is 23.2 Å². The van der Waals surface area contributed by atoms with Crippen molar-refractivity contribution in [3.05, 3.63) is 58.7 Å². The number of carbonyl (C=O) groups is 1. The van der Waals surface area contributed by atoms with Gasteiger partial charge in [0.05, 0.1) is 18.4 Å². The molecule has 0 heterocycles. The molecule has 27 heavy (non-hydrogen) atoms. The van der Waals surface area contributed by atoms with Gasteiger partial charge < -0.3 is 9.47 Å². The van der Waals surface area contributed by atoms with Gasteiger partial charge in [0.2, 0.25) is 0 Å². The van der Waals surface area contributed by atoms with Crippen LogP contribution in [0.4, 0.5) is 23.7 Å². The van der Waals surface area contributed by atoms with Crippen LogP contribution in [0, 0.1) is 6.92 Å². The van der Waals surface area contributed by atoms with Crippen molar-refractivity contribution in [2.45, 2.75) is 33.1 Å². The number of hydroxylamine groups is 1. The summed E-state index contributed by atoms with van der Waals surface area (Å²) in [6, 6.07) is 8.82. The van der Waals surface area contributed by atoms with Crippen LogP contribution in [0.5, 0.6) is 5.75 Å². The van der Waals surface area contributed by atoms with E-state index < -0.39 is 23.5 Å². The van der Waals surface area contributed by atoms with E-state index in [-0.39, 0.29) is 17.2 Å². The van der Waals surface area contributed by atoms with Crippen LogP contribution in [0.1, 0.15) is 29.2 Å². The maximum atomic E-state index is 13.3. The average Bonchev–Trinajstić information content (AvgIpc) is 2.64. The molecule has 1 amide bonds. The zero-order valence-electron chi connectivity index (χ0n) is 15.1. The smallest absolute Gasteiger partial charge is 0.438 e. The first-order chi connectivity index (χ1) is 12.7. The number of hydrogen-bond donors (Lipinski definition) is 1. The van der Waals surface area contributed by atoms with Crippen LogP contribution in [0.2, 0.25) is 0 Å². The Kier molecular flexibility index (Phi) is 6.32. The summed E-state index contributed by atoms with van der Waals surface area (Å²) in [5.41, 5.74) is 0.0226. The van der Waals surface area contributed by atoms with Gasteiger partial charge in [-0.15, -0.1) is 0 Å². The van der Waals surface area contributed by atoms with Crippen molar-refractivity contribution in [3.63, 3.8) is 0 Å². The second-order valence-electron chi connectivity index (χ2n) is 5.83. The number of nitrogens with zero attached hydrogens (tertiary/aromatic N) is 1. The Bertz CT molecular complexity index is 821. The lowest BCUT2D eigenvalue weighted by atomic mass is 10.1. The highest BCUT2D eigenvalue weighted by Gasteiger charge is 2.37. The summed E-state index contributed by atoms with van der Waals surface area (Å²) in [6.07, 6.45) is -5.27. The third kappa shape index (κ3) is 4.71. The van der Waals surface area contributed by atoms with Crippen molar-refractivity contribution in [1.29, 1.82) is 0 Å². The number of aryl methyl sites for hydroxylation is 2. The zero-order valence-corrected chi connectivity index (χ0v) is 15.1. The van der Waals surface area contributed by atoms with E-state index in [1.54, 1.807) is 6.07 Å². The summed E-state index contributed by atoms with van der Waals surface area (Å²) in [4.78, 5) is 11.6. The van der Waals surface area contributed by atoms with E-state index in [2.05, 4.69) is 4.74 Å². The second-order valence-corrected chi connectivity index (χ2v) is 5.83. The molecule has 0 spiro atoms. The van der Waals surface area contributed by atoms with Crippen LogP contribution in [0.15, 0.2) is 36.4 Å². The molecule has 0 aromatic heterocycles. The molecule has 2 rings (SSSR count). The van der Waals surface area contributed by atoms with Gasteiger partial charge in [-0.3, -0.25) is 5.21 Å². The summed E-state index contributed by atoms with van der Waals surface area (Å²) in [6.45, 7) is 3.56. The third-order valence-electron chi connectivity index (χ3n) is 4.02. The Hall–Kier alpha value is -2.74. The number of anilines is 1. The molecule has 2 aromatic rings. The van der Waals surface area contributed by atoms with Crippen molar-refractivity contribution >= 4 is 11.8 Å². The van der Waals surface area contributed by atoms with E-state index in [1.165, 1.54) is 12.1 Å². The standard InChI is InChI=1S/C19H20F3NO4/c1-4-13-8-9-16(12(2)10-13)27-11-14-6-5-7-15(19(20,21)22)17(14)23(25)18(24)26-3/h5-10,25H,4,11H2,1-3H3. The number of ether oxygens (including phenoxy) is 2. The fourth-order valence-electron chi connectivity index (χ4n) is 2.61. The minimum Gasteiger partial charge on any atom is -0.489 e. The van der Waals surface area contributed by atoms with Crippen LogP contribution in [-0.4, -0.2) is 18.4 Å². The fraction of sp³-hybridized carbons (Fsp3) is 0.316. The van der Waals surface area contributed by atoms with E-state index in [1.807, 2.05) is 26.0 Å². The lowest BCUT2D eigenvalue weighted by Crippen LogP contribution is -2.30.